The number of sulfonamides is 1. The third-order valence-corrected chi connectivity index (χ3v) is 6.57. The minimum atomic E-state index is -3.81. The van der Waals surface area contributed by atoms with Crippen LogP contribution in [0.5, 0.6) is 5.75 Å². The molecule has 0 radical (unpaired) electrons. The number of rotatable bonds is 7. The van der Waals surface area contributed by atoms with E-state index in [1.54, 1.807) is 11.8 Å². The van der Waals surface area contributed by atoms with Gasteiger partial charge in [0.25, 0.3) is 0 Å². The Labute approximate surface area is 160 Å². The summed E-state index contributed by atoms with van der Waals surface area (Å²) < 4.78 is 32.3. The molecule has 1 aromatic carbocycles. The maximum Gasteiger partial charge on any atom is 0.243 e. The highest BCUT2D eigenvalue weighted by molar-refractivity contribution is 7.89. The van der Waals surface area contributed by atoms with Gasteiger partial charge in [0.1, 0.15) is 5.75 Å². The summed E-state index contributed by atoms with van der Waals surface area (Å²) >= 11 is 6.12. The first-order valence-corrected chi connectivity index (χ1v) is 10.5. The molecule has 0 spiro atoms. The van der Waals surface area contributed by atoms with Gasteiger partial charge in [0, 0.05) is 32.7 Å². The zero-order chi connectivity index (χ0) is 19.3. The van der Waals surface area contributed by atoms with Crippen molar-refractivity contribution in [2.45, 2.75) is 18.7 Å². The summed E-state index contributed by atoms with van der Waals surface area (Å²) in [5, 5.41) is 0.231. The highest BCUT2D eigenvalue weighted by Crippen LogP contribution is 2.28. The van der Waals surface area contributed by atoms with Gasteiger partial charge < -0.3 is 14.5 Å². The molecule has 26 heavy (non-hydrogen) atoms. The third-order valence-electron chi connectivity index (χ3n) is 4.36. The Morgan fingerprint density at radius 1 is 1.23 bits per heavy atom. The van der Waals surface area contributed by atoms with Gasteiger partial charge in [-0.05, 0) is 32.2 Å². The molecule has 1 heterocycles. The number of hydrogen-bond acceptors (Lipinski definition) is 5. The molecule has 0 N–H and O–H groups in total. The highest BCUT2D eigenvalue weighted by atomic mass is 35.5. The Kier molecular flexibility index (Phi) is 7.28. The second-order valence-corrected chi connectivity index (χ2v) is 8.49. The number of carbonyl (C=O) groups excluding carboxylic acids is 1. The number of likely N-dealkylation sites (N-methyl/N-ethyl adjacent to an activating group) is 2. The molecular weight excluding hydrogens is 378 g/mol. The molecule has 0 saturated carbocycles. The summed E-state index contributed by atoms with van der Waals surface area (Å²) in [5.41, 5.74) is 0. The van der Waals surface area contributed by atoms with E-state index in [-0.39, 0.29) is 28.9 Å². The molecule has 0 bridgehead atoms. The SMILES string of the molecule is CCOc1ccc(S(=O)(=O)N(CC)CC(=O)N2CCN(C)CC2)cc1Cl. The Bertz CT molecular complexity index is 734. The fraction of sp³-hybridized carbons (Fsp3) is 0.588. The zero-order valence-electron chi connectivity index (χ0n) is 15.4. The van der Waals surface area contributed by atoms with Crippen LogP contribution in [0, 0.1) is 0 Å². The molecule has 1 aliphatic rings. The molecule has 0 aliphatic carbocycles. The van der Waals surface area contributed by atoms with Crippen molar-refractivity contribution in [1.82, 2.24) is 14.1 Å². The van der Waals surface area contributed by atoms with Crippen LogP contribution >= 0.6 is 11.6 Å². The van der Waals surface area contributed by atoms with Crippen molar-refractivity contribution in [1.29, 1.82) is 0 Å². The molecule has 1 fully saturated rings. The maximum absolute atomic E-state index is 12.9. The van der Waals surface area contributed by atoms with Crippen LogP contribution in [0.1, 0.15) is 13.8 Å². The van der Waals surface area contributed by atoms with Crippen LogP contribution in [0.3, 0.4) is 0 Å². The first kappa shape index (κ1) is 21.0. The largest absolute Gasteiger partial charge is 0.492 e. The minimum Gasteiger partial charge on any atom is -0.492 e. The van der Waals surface area contributed by atoms with E-state index in [9.17, 15) is 13.2 Å². The summed E-state index contributed by atoms with van der Waals surface area (Å²) in [6.07, 6.45) is 0. The number of amides is 1. The van der Waals surface area contributed by atoms with Crippen LogP contribution in [-0.4, -0.2) is 81.4 Å². The van der Waals surface area contributed by atoms with Gasteiger partial charge in [-0.25, -0.2) is 8.42 Å². The van der Waals surface area contributed by atoms with Crippen molar-refractivity contribution in [3.05, 3.63) is 23.2 Å². The predicted molar refractivity (Wildman–Crippen MR) is 101 cm³/mol. The van der Waals surface area contributed by atoms with E-state index in [1.807, 2.05) is 14.0 Å². The molecular formula is C17H26ClN3O4S. The monoisotopic (exact) mass is 403 g/mol. The fourth-order valence-electron chi connectivity index (χ4n) is 2.74. The van der Waals surface area contributed by atoms with Crippen molar-refractivity contribution in [3.63, 3.8) is 0 Å². The summed E-state index contributed by atoms with van der Waals surface area (Å²) in [7, 11) is -1.81. The topological polar surface area (TPSA) is 70.2 Å². The predicted octanol–water partition coefficient (Wildman–Crippen LogP) is 1.52. The number of carbonyl (C=O) groups is 1. The van der Waals surface area contributed by atoms with Crippen LogP contribution in [0.2, 0.25) is 5.02 Å². The number of nitrogens with zero attached hydrogens (tertiary/aromatic N) is 3. The molecule has 0 atom stereocenters. The van der Waals surface area contributed by atoms with Crippen molar-refractivity contribution >= 4 is 27.5 Å². The molecule has 9 heteroatoms. The van der Waals surface area contributed by atoms with E-state index < -0.39 is 10.0 Å². The fourth-order valence-corrected chi connectivity index (χ4v) is 4.46. The van der Waals surface area contributed by atoms with Gasteiger partial charge in [-0.2, -0.15) is 4.31 Å². The number of benzene rings is 1. The Morgan fingerprint density at radius 3 is 2.42 bits per heavy atom. The van der Waals surface area contributed by atoms with Crippen molar-refractivity contribution in [2.75, 3.05) is 52.9 Å². The average Bonchev–Trinajstić information content (AvgIpc) is 2.61. The Hall–Kier alpha value is -1.35. The summed E-state index contributed by atoms with van der Waals surface area (Å²) in [6.45, 7) is 6.81. The lowest BCUT2D eigenvalue weighted by Gasteiger charge is -2.33. The van der Waals surface area contributed by atoms with Crippen molar-refractivity contribution in [3.8, 4) is 5.75 Å². The van der Waals surface area contributed by atoms with E-state index in [4.69, 9.17) is 16.3 Å². The molecule has 1 amide bonds. The standard InChI is InChI=1S/C17H26ClN3O4S/c1-4-21(13-17(22)20-10-8-19(3)9-11-20)26(23,24)14-6-7-16(25-5-2)15(18)12-14/h6-7,12H,4-5,8-11,13H2,1-3H3. The molecule has 0 aromatic heterocycles. The Morgan fingerprint density at radius 2 is 1.88 bits per heavy atom. The van der Waals surface area contributed by atoms with Crippen LogP contribution < -0.4 is 4.74 Å². The molecule has 2 rings (SSSR count). The van der Waals surface area contributed by atoms with Gasteiger partial charge in [0.15, 0.2) is 0 Å². The lowest BCUT2D eigenvalue weighted by atomic mass is 10.3. The quantitative estimate of drug-likeness (QED) is 0.690. The zero-order valence-corrected chi connectivity index (χ0v) is 17.0. The smallest absolute Gasteiger partial charge is 0.243 e. The molecule has 1 saturated heterocycles. The first-order valence-electron chi connectivity index (χ1n) is 8.68. The third kappa shape index (κ3) is 4.88. The number of halogens is 1. The van der Waals surface area contributed by atoms with E-state index in [2.05, 4.69) is 4.90 Å². The van der Waals surface area contributed by atoms with E-state index in [0.29, 0.717) is 25.4 Å². The number of ether oxygens (including phenoxy) is 1. The number of piperazine rings is 1. The summed E-state index contributed by atoms with van der Waals surface area (Å²) in [6, 6.07) is 4.36. The molecule has 1 aliphatic heterocycles. The van der Waals surface area contributed by atoms with E-state index in [1.165, 1.54) is 22.5 Å². The lowest BCUT2D eigenvalue weighted by Crippen LogP contribution is -2.50. The Balaban J connectivity index is 2.14. The maximum atomic E-state index is 12.9. The van der Waals surface area contributed by atoms with Crippen LogP contribution in [0.25, 0.3) is 0 Å². The highest BCUT2D eigenvalue weighted by Gasteiger charge is 2.28. The van der Waals surface area contributed by atoms with Crippen LogP contribution in [0.4, 0.5) is 0 Å². The molecule has 1 aromatic rings. The average molecular weight is 404 g/mol. The van der Waals surface area contributed by atoms with Crippen LogP contribution in [-0.2, 0) is 14.8 Å². The van der Waals surface area contributed by atoms with E-state index in [0.717, 1.165) is 13.1 Å². The minimum absolute atomic E-state index is 0.0546. The van der Waals surface area contributed by atoms with Gasteiger partial charge in [0.2, 0.25) is 15.9 Å². The summed E-state index contributed by atoms with van der Waals surface area (Å²) in [5.74, 6) is 0.255. The molecule has 7 nitrogen and oxygen atoms in total. The van der Waals surface area contributed by atoms with Gasteiger partial charge in [0.05, 0.1) is 23.1 Å². The van der Waals surface area contributed by atoms with Crippen LogP contribution in [0.15, 0.2) is 23.1 Å². The van der Waals surface area contributed by atoms with Gasteiger partial charge in [-0.1, -0.05) is 18.5 Å². The van der Waals surface area contributed by atoms with Crippen molar-refractivity contribution in [2.24, 2.45) is 0 Å². The second kappa shape index (κ2) is 9.03. The van der Waals surface area contributed by atoms with Crippen molar-refractivity contribution < 1.29 is 17.9 Å². The van der Waals surface area contributed by atoms with Gasteiger partial charge >= 0.3 is 0 Å². The molecule has 0 unspecified atom stereocenters. The lowest BCUT2D eigenvalue weighted by molar-refractivity contribution is -0.132. The first-order chi connectivity index (χ1) is 12.3. The second-order valence-electron chi connectivity index (χ2n) is 6.14. The van der Waals surface area contributed by atoms with E-state index >= 15 is 0 Å². The normalized spacial score (nSPS) is 16.1. The summed E-state index contributed by atoms with van der Waals surface area (Å²) in [4.78, 5) is 16.4. The number of hydrogen-bond donors (Lipinski definition) is 0. The van der Waals surface area contributed by atoms with Gasteiger partial charge in [-0.15, -0.1) is 0 Å². The van der Waals surface area contributed by atoms with Gasteiger partial charge in [-0.3, -0.25) is 4.79 Å². The molecule has 146 valence electrons.